The molecule has 0 unspecified atom stereocenters. The SMILES string of the molecule is Cc1nc(CCCC2CNNC2)n(CCc2cnc[nH]2)n1. The van der Waals surface area contributed by atoms with Crippen LogP contribution in [0.3, 0.4) is 0 Å². The third kappa shape index (κ3) is 3.89. The number of nitrogens with one attached hydrogen (secondary N) is 3. The van der Waals surface area contributed by atoms with Gasteiger partial charge in [-0.1, -0.05) is 0 Å². The molecular weight excluding hydrogens is 266 g/mol. The molecule has 3 heterocycles. The van der Waals surface area contributed by atoms with Crippen LogP contribution in [0.25, 0.3) is 0 Å². The van der Waals surface area contributed by atoms with Crippen LogP contribution in [0.4, 0.5) is 0 Å². The molecule has 0 atom stereocenters. The van der Waals surface area contributed by atoms with Crippen molar-refractivity contribution in [3.63, 3.8) is 0 Å². The number of hydrogen-bond donors (Lipinski definition) is 3. The summed E-state index contributed by atoms with van der Waals surface area (Å²) in [6.07, 6.45) is 7.88. The predicted molar refractivity (Wildman–Crippen MR) is 79.5 cm³/mol. The van der Waals surface area contributed by atoms with Crippen LogP contribution in [-0.2, 0) is 19.4 Å². The Labute approximate surface area is 124 Å². The van der Waals surface area contributed by atoms with E-state index in [1.54, 1.807) is 6.33 Å². The van der Waals surface area contributed by atoms with Crippen molar-refractivity contribution in [1.29, 1.82) is 0 Å². The first-order valence-electron chi connectivity index (χ1n) is 7.64. The van der Waals surface area contributed by atoms with Gasteiger partial charge in [-0.2, -0.15) is 5.10 Å². The average Bonchev–Trinajstić information content (AvgIpc) is 3.18. The van der Waals surface area contributed by atoms with Crippen molar-refractivity contribution < 1.29 is 0 Å². The summed E-state index contributed by atoms with van der Waals surface area (Å²) >= 11 is 0. The van der Waals surface area contributed by atoms with Gasteiger partial charge in [0.2, 0.25) is 0 Å². The molecule has 21 heavy (non-hydrogen) atoms. The molecule has 7 heteroatoms. The molecule has 0 aliphatic carbocycles. The van der Waals surface area contributed by atoms with Gasteiger partial charge in [0.1, 0.15) is 11.6 Å². The first-order valence-corrected chi connectivity index (χ1v) is 7.64. The topological polar surface area (TPSA) is 83.5 Å². The molecule has 3 N–H and O–H groups in total. The van der Waals surface area contributed by atoms with Crippen LogP contribution in [-0.4, -0.2) is 37.8 Å². The second kappa shape index (κ2) is 6.82. The van der Waals surface area contributed by atoms with Gasteiger partial charge in [-0.25, -0.2) is 14.6 Å². The summed E-state index contributed by atoms with van der Waals surface area (Å²) in [6.45, 7) is 4.96. The first kappa shape index (κ1) is 14.2. The molecule has 1 aliphatic rings. The highest BCUT2D eigenvalue weighted by molar-refractivity contribution is 4.96. The fourth-order valence-electron chi connectivity index (χ4n) is 2.77. The highest BCUT2D eigenvalue weighted by atomic mass is 15.4. The third-order valence-corrected chi connectivity index (χ3v) is 3.92. The molecule has 114 valence electrons. The van der Waals surface area contributed by atoms with E-state index in [2.05, 4.69) is 30.9 Å². The fourth-order valence-corrected chi connectivity index (χ4v) is 2.77. The molecule has 2 aromatic heterocycles. The number of rotatable bonds is 7. The van der Waals surface area contributed by atoms with Crippen LogP contribution in [0.2, 0.25) is 0 Å². The average molecular weight is 289 g/mol. The van der Waals surface area contributed by atoms with Crippen molar-refractivity contribution >= 4 is 0 Å². The first-order chi connectivity index (χ1) is 10.3. The van der Waals surface area contributed by atoms with Crippen molar-refractivity contribution in [3.8, 4) is 0 Å². The molecule has 0 amide bonds. The maximum absolute atomic E-state index is 4.57. The van der Waals surface area contributed by atoms with Crippen LogP contribution in [0, 0.1) is 12.8 Å². The Morgan fingerprint density at radius 2 is 2.14 bits per heavy atom. The molecule has 0 spiro atoms. The van der Waals surface area contributed by atoms with E-state index < -0.39 is 0 Å². The van der Waals surface area contributed by atoms with Crippen LogP contribution in [0.5, 0.6) is 0 Å². The summed E-state index contributed by atoms with van der Waals surface area (Å²) in [5.41, 5.74) is 7.50. The van der Waals surface area contributed by atoms with Gasteiger partial charge < -0.3 is 4.98 Å². The lowest BCUT2D eigenvalue weighted by molar-refractivity contribution is 0.507. The molecule has 1 fully saturated rings. The van der Waals surface area contributed by atoms with Crippen LogP contribution in [0.15, 0.2) is 12.5 Å². The summed E-state index contributed by atoms with van der Waals surface area (Å²) in [5.74, 6) is 2.71. The predicted octanol–water partition coefficient (Wildman–Crippen LogP) is 0.599. The summed E-state index contributed by atoms with van der Waals surface area (Å²) < 4.78 is 2.04. The molecule has 2 aromatic rings. The summed E-state index contributed by atoms with van der Waals surface area (Å²) in [5, 5.41) is 4.51. The number of hydrazine groups is 1. The highest BCUT2D eigenvalue weighted by Gasteiger charge is 2.14. The van der Waals surface area contributed by atoms with E-state index in [-0.39, 0.29) is 0 Å². The van der Waals surface area contributed by atoms with E-state index in [1.807, 2.05) is 17.8 Å². The standard InChI is InChI=1S/C14H23N7/c1-11-19-14(4-2-3-12-7-17-18-8-12)21(20-11)6-5-13-9-15-10-16-13/h9-10,12,17-18H,2-8H2,1H3,(H,15,16). The minimum atomic E-state index is 0.743. The number of aryl methyl sites for hydroxylation is 4. The molecule has 7 nitrogen and oxygen atoms in total. The van der Waals surface area contributed by atoms with E-state index in [0.29, 0.717) is 0 Å². The molecule has 0 bridgehead atoms. The van der Waals surface area contributed by atoms with Gasteiger partial charge in [-0.15, -0.1) is 0 Å². The number of imidazole rings is 1. The Morgan fingerprint density at radius 3 is 2.90 bits per heavy atom. The van der Waals surface area contributed by atoms with Gasteiger partial charge in [-0.05, 0) is 25.7 Å². The maximum Gasteiger partial charge on any atom is 0.147 e. The van der Waals surface area contributed by atoms with E-state index in [0.717, 1.165) is 62.2 Å². The normalized spacial score (nSPS) is 15.9. The quantitative estimate of drug-likeness (QED) is 0.695. The molecule has 3 rings (SSSR count). The zero-order chi connectivity index (χ0) is 14.5. The Bertz CT molecular complexity index is 540. The smallest absolute Gasteiger partial charge is 0.147 e. The number of hydrogen-bond acceptors (Lipinski definition) is 5. The maximum atomic E-state index is 4.57. The largest absolute Gasteiger partial charge is 0.348 e. The molecule has 0 saturated carbocycles. The van der Waals surface area contributed by atoms with Crippen molar-refractivity contribution in [1.82, 2.24) is 35.6 Å². The lowest BCUT2D eigenvalue weighted by Gasteiger charge is -2.08. The van der Waals surface area contributed by atoms with Crippen molar-refractivity contribution in [2.75, 3.05) is 13.1 Å². The van der Waals surface area contributed by atoms with Gasteiger partial charge >= 0.3 is 0 Å². The van der Waals surface area contributed by atoms with Gasteiger partial charge in [-0.3, -0.25) is 10.9 Å². The zero-order valence-corrected chi connectivity index (χ0v) is 12.5. The van der Waals surface area contributed by atoms with Gasteiger partial charge in [0, 0.05) is 44.4 Å². The van der Waals surface area contributed by atoms with Crippen LogP contribution < -0.4 is 10.9 Å². The number of nitrogens with zero attached hydrogens (tertiary/aromatic N) is 4. The zero-order valence-electron chi connectivity index (χ0n) is 12.5. The van der Waals surface area contributed by atoms with E-state index >= 15 is 0 Å². The molecule has 1 aliphatic heterocycles. The second-order valence-corrected chi connectivity index (χ2v) is 5.65. The van der Waals surface area contributed by atoms with E-state index in [1.165, 1.54) is 6.42 Å². The van der Waals surface area contributed by atoms with E-state index in [4.69, 9.17) is 0 Å². The van der Waals surface area contributed by atoms with Crippen LogP contribution >= 0.6 is 0 Å². The monoisotopic (exact) mass is 289 g/mol. The third-order valence-electron chi connectivity index (χ3n) is 3.92. The fraction of sp³-hybridized carbons (Fsp3) is 0.643. The Balaban J connectivity index is 1.51. The number of aromatic nitrogens is 5. The minimum Gasteiger partial charge on any atom is -0.348 e. The van der Waals surface area contributed by atoms with Gasteiger partial charge in [0.15, 0.2) is 0 Å². The van der Waals surface area contributed by atoms with E-state index in [9.17, 15) is 0 Å². The summed E-state index contributed by atoms with van der Waals surface area (Å²) in [7, 11) is 0. The lowest BCUT2D eigenvalue weighted by atomic mass is 10.0. The summed E-state index contributed by atoms with van der Waals surface area (Å²) in [6, 6.07) is 0. The highest BCUT2D eigenvalue weighted by Crippen LogP contribution is 2.11. The number of aromatic amines is 1. The summed E-state index contributed by atoms with van der Waals surface area (Å²) in [4.78, 5) is 11.7. The van der Waals surface area contributed by atoms with Gasteiger partial charge in [0.25, 0.3) is 0 Å². The van der Waals surface area contributed by atoms with Crippen molar-refractivity contribution in [2.45, 2.75) is 39.2 Å². The Morgan fingerprint density at radius 1 is 1.29 bits per heavy atom. The molecular formula is C14H23N7. The Kier molecular flexibility index (Phi) is 4.62. The lowest BCUT2D eigenvalue weighted by Crippen LogP contribution is -2.21. The Hall–Kier alpha value is -1.73. The second-order valence-electron chi connectivity index (χ2n) is 5.65. The van der Waals surface area contributed by atoms with Crippen molar-refractivity contribution in [2.24, 2.45) is 5.92 Å². The molecule has 0 aromatic carbocycles. The van der Waals surface area contributed by atoms with Crippen molar-refractivity contribution in [3.05, 3.63) is 29.9 Å². The minimum absolute atomic E-state index is 0.743. The molecule has 0 radical (unpaired) electrons. The molecule has 1 saturated heterocycles. The van der Waals surface area contributed by atoms with Gasteiger partial charge in [0.05, 0.1) is 6.33 Å². The van der Waals surface area contributed by atoms with Crippen LogP contribution in [0.1, 0.15) is 30.2 Å². The number of H-pyrrole nitrogens is 1.